The molecular weight excluding hydrogens is 223 g/mol. The van der Waals surface area contributed by atoms with E-state index in [9.17, 15) is 18.0 Å². The maximum Gasteiger partial charge on any atom is 0.417 e. The van der Waals surface area contributed by atoms with Crippen LogP contribution in [0.5, 0.6) is 0 Å². The average Bonchev–Trinajstić information content (AvgIpc) is 2.14. The lowest BCUT2D eigenvalue weighted by Gasteiger charge is -2.12. The summed E-state index contributed by atoms with van der Waals surface area (Å²) in [5, 5.41) is 17.2. The van der Waals surface area contributed by atoms with E-state index in [1.54, 1.807) is 0 Å². The molecule has 0 spiro atoms. The molecule has 6 heteroatoms. The molecule has 0 unspecified atom stereocenters. The second-order valence-electron chi connectivity index (χ2n) is 3.13. The van der Waals surface area contributed by atoms with Crippen LogP contribution < -0.4 is 0 Å². The van der Waals surface area contributed by atoms with E-state index in [0.717, 1.165) is 19.1 Å². The van der Waals surface area contributed by atoms with Gasteiger partial charge >= 0.3 is 12.1 Å². The molecule has 1 aromatic rings. The molecule has 3 nitrogen and oxygen atoms in total. The molecule has 0 radical (unpaired) electrons. The Bertz CT molecular complexity index is 486. The molecular formula is C10H6F3NO2. The molecule has 0 fully saturated rings. The summed E-state index contributed by atoms with van der Waals surface area (Å²) in [7, 11) is 0. The zero-order chi connectivity index (χ0) is 12.5. The summed E-state index contributed by atoms with van der Waals surface area (Å²) in [5.41, 5.74) is -2.36. The van der Waals surface area contributed by atoms with Crippen molar-refractivity contribution in [2.75, 3.05) is 0 Å². The van der Waals surface area contributed by atoms with Crippen LogP contribution in [0.15, 0.2) is 12.1 Å². The number of rotatable bonds is 1. The van der Waals surface area contributed by atoms with Crippen LogP contribution in [0.1, 0.15) is 27.0 Å². The molecule has 0 bridgehead atoms. The van der Waals surface area contributed by atoms with Crippen molar-refractivity contribution in [3.05, 3.63) is 34.4 Å². The molecule has 0 aromatic heterocycles. The van der Waals surface area contributed by atoms with Crippen molar-refractivity contribution in [3.8, 4) is 6.07 Å². The normalized spacial score (nSPS) is 10.9. The Hall–Kier alpha value is -2.03. The molecule has 0 aliphatic rings. The van der Waals surface area contributed by atoms with Crippen molar-refractivity contribution in [2.24, 2.45) is 0 Å². The van der Waals surface area contributed by atoms with Gasteiger partial charge in [-0.05, 0) is 24.6 Å². The zero-order valence-electron chi connectivity index (χ0n) is 8.09. The molecule has 0 aliphatic heterocycles. The van der Waals surface area contributed by atoms with Crippen molar-refractivity contribution in [1.82, 2.24) is 0 Å². The quantitative estimate of drug-likeness (QED) is 0.804. The maximum absolute atomic E-state index is 12.5. The lowest BCUT2D eigenvalue weighted by Crippen LogP contribution is -2.12. The first-order chi connectivity index (χ1) is 7.27. The van der Waals surface area contributed by atoms with E-state index in [4.69, 9.17) is 10.4 Å². The molecule has 0 atom stereocenters. The van der Waals surface area contributed by atoms with Crippen molar-refractivity contribution < 1.29 is 23.1 Å². The van der Waals surface area contributed by atoms with Gasteiger partial charge in [-0.3, -0.25) is 0 Å². The number of aromatic carboxylic acids is 1. The highest BCUT2D eigenvalue weighted by molar-refractivity contribution is 5.88. The smallest absolute Gasteiger partial charge is 0.417 e. The summed E-state index contributed by atoms with van der Waals surface area (Å²) in [6, 6.07) is 2.97. The molecule has 0 aliphatic carbocycles. The predicted molar refractivity (Wildman–Crippen MR) is 47.9 cm³/mol. The number of benzene rings is 1. The van der Waals surface area contributed by atoms with E-state index < -0.39 is 23.3 Å². The fourth-order valence-corrected chi connectivity index (χ4v) is 1.38. The number of carboxylic acid groups (broad SMARTS) is 1. The van der Waals surface area contributed by atoms with Crippen LogP contribution in [0.3, 0.4) is 0 Å². The third kappa shape index (κ3) is 2.14. The Morgan fingerprint density at radius 2 is 2.00 bits per heavy atom. The molecule has 0 saturated heterocycles. The van der Waals surface area contributed by atoms with Gasteiger partial charge in [0.05, 0.1) is 22.8 Å². The highest BCUT2D eigenvalue weighted by Gasteiger charge is 2.35. The lowest BCUT2D eigenvalue weighted by molar-refractivity contribution is -0.138. The van der Waals surface area contributed by atoms with Gasteiger partial charge in [0.25, 0.3) is 0 Å². The van der Waals surface area contributed by atoms with Gasteiger partial charge in [0.15, 0.2) is 0 Å². The van der Waals surface area contributed by atoms with Gasteiger partial charge in [-0.15, -0.1) is 0 Å². The molecule has 0 saturated carbocycles. The minimum absolute atomic E-state index is 0.274. The van der Waals surface area contributed by atoms with Crippen molar-refractivity contribution in [1.29, 1.82) is 5.26 Å². The number of carbonyl (C=O) groups is 1. The maximum atomic E-state index is 12.5. The number of alkyl halides is 3. The van der Waals surface area contributed by atoms with Gasteiger partial charge in [-0.2, -0.15) is 18.4 Å². The fourth-order valence-electron chi connectivity index (χ4n) is 1.38. The van der Waals surface area contributed by atoms with Gasteiger partial charge in [-0.25, -0.2) is 4.79 Å². The molecule has 0 heterocycles. The van der Waals surface area contributed by atoms with Crippen LogP contribution in [0.2, 0.25) is 0 Å². The summed E-state index contributed by atoms with van der Waals surface area (Å²) in [4.78, 5) is 10.6. The summed E-state index contributed by atoms with van der Waals surface area (Å²) in [5.74, 6) is -1.37. The lowest BCUT2D eigenvalue weighted by atomic mass is 9.98. The van der Waals surface area contributed by atoms with Crippen molar-refractivity contribution >= 4 is 5.97 Å². The fraction of sp³-hybridized carbons (Fsp3) is 0.200. The first-order valence-corrected chi connectivity index (χ1v) is 4.12. The molecule has 1 rings (SSSR count). The predicted octanol–water partition coefficient (Wildman–Crippen LogP) is 2.58. The van der Waals surface area contributed by atoms with Gasteiger partial charge in [-0.1, -0.05) is 0 Å². The molecule has 0 amide bonds. The molecule has 16 heavy (non-hydrogen) atoms. The van der Waals surface area contributed by atoms with Crippen LogP contribution in [-0.4, -0.2) is 11.1 Å². The second kappa shape index (κ2) is 3.85. The first kappa shape index (κ1) is 12.0. The zero-order valence-corrected chi connectivity index (χ0v) is 8.09. The van der Waals surface area contributed by atoms with Crippen LogP contribution in [0, 0.1) is 18.3 Å². The number of nitrogens with zero attached hydrogens (tertiary/aromatic N) is 1. The third-order valence-electron chi connectivity index (χ3n) is 1.99. The Morgan fingerprint density at radius 1 is 1.44 bits per heavy atom. The first-order valence-electron chi connectivity index (χ1n) is 4.12. The summed E-state index contributed by atoms with van der Waals surface area (Å²) in [6.07, 6.45) is -4.66. The monoisotopic (exact) mass is 229 g/mol. The van der Waals surface area contributed by atoms with Crippen LogP contribution in [0.4, 0.5) is 13.2 Å². The Morgan fingerprint density at radius 3 is 2.38 bits per heavy atom. The van der Waals surface area contributed by atoms with Gasteiger partial charge in [0, 0.05) is 0 Å². The van der Waals surface area contributed by atoms with Gasteiger partial charge < -0.3 is 5.11 Å². The third-order valence-corrected chi connectivity index (χ3v) is 1.99. The summed E-state index contributed by atoms with van der Waals surface area (Å²) in [6.45, 7) is 1.12. The standard InChI is InChI=1S/C10H6F3NO2/c1-5-2-6(9(15)16)3-7(4-14)8(5)10(11,12)13/h2-3H,1H3,(H,15,16). The Labute approximate surface area is 88.7 Å². The minimum Gasteiger partial charge on any atom is -0.478 e. The minimum atomic E-state index is -4.66. The van der Waals surface area contributed by atoms with Crippen LogP contribution >= 0.6 is 0 Å². The van der Waals surface area contributed by atoms with Crippen LogP contribution in [-0.2, 0) is 6.18 Å². The van der Waals surface area contributed by atoms with E-state index in [1.165, 1.54) is 6.07 Å². The molecule has 1 aromatic carbocycles. The van der Waals surface area contributed by atoms with Gasteiger partial charge in [0.2, 0.25) is 0 Å². The highest BCUT2D eigenvalue weighted by Crippen LogP contribution is 2.34. The summed E-state index contributed by atoms with van der Waals surface area (Å²) < 4.78 is 37.6. The Kier molecular flexibility index (Phi) is 2.90. The van der Waals surface area contributed by atoms with Gasteiger partial charge in [0.1, 0.15) is 0 Å². The number of aryl methyl sites for hydroxylation is 1. The van der Waals surface area contributed by atoms with E-state index in [-0.39, 0.29) is 11.1 Å². The summed E-state index contributed by atoms with van der Waals surface area (Å²) >= 11 is 0. The van der Waals surface area contributed by atoms with E-state index in [2.05, 4.69) is 0 Å². The SMILES string of the molecule is Cc1cc(C(=O)O)cc(C#N)c1C(F)(F)F. The number of hydrogen-bond donors (Lipinski definition) is 1. The van der Waals surface area contributed by atoms with Crippen molar-refractivity contribution in [3.63, 3.8) is 0 Å². The number of hydrogen-bond acceptors (Lipinski definition) is 2. The van der Waals surface area contributed by atoms with E-state index >= 15 is 0 Å². The van der Waals surface area contributed by atoms with E-state index in [0.29, 0.717) is 0 Å². The average molecular weight is 229 g/mol. The van der Waals surface area contributed by atoms with Crippen LogP contribution in [0.25, 0.3) is 0 Å². The number of carboxylic acids is 1. The second-order valence-corrected chi connectivity index (χ2v) is 3.13. The van der Waals surface area contributed by atoms with Crippen molar-refractivity contribution in [2.45, 2.75) is 13.1 Å². The Balaban J connectivity index is 3.55. The van der Waals surface area contributed by atoms with E-state index in [1.807, 2.05) is 0 Å². The highest BCUT2D eigenvalue weighted by atomic mass is 19.4. The molecule has 84 valence electrons. The topological polar surface area (TPSA) is 61.1 Å². The number of nitriles is 1. The molecule has 1 N–H and O–H groups in total. The largest absolute Gasteiger partial charge is 0.478 e. The number of halogens is 3.